The zero-order valence-electron chi connectivity index (χ0n) is 17.1. The molecule has 2 nitrogen and oxygen atoms in total. The number of esters is 1. The molecule has 5 heteroatoms. The summed E-state index contributed by atoms with van der Waals surface area (Å²) in [6, 6.07) is 0. The van der Waals surface area contributed by atoms with Gasteiger partial charge in [-0.15, -0.1) is 0 Å². The van der Waals surface area contributed by atoms with Crippen molar-refractivity contribution in [1.82, 2.24) is 0 Å². The van der Waals surface area contributed by atoms with E-state index >= 15 is 0 Å². The van der Waals surface area contributed by atoms with Gasteiger partial charge in [0.15, 0.2) is 0 Å². The van der Waals surface area contributed by atoms with Gasteiger partial charge in [0.2, 0.25) is 5.55 Å². The Bertz CT molecular complexity index is 368. The highest BCUT2D eigenvalue weighted by Gasteiger charge is 2.18. The monoisotopic (exact) mass is 390 g/mol. The van der Waals surface area contributed by atoms with Crippen molar-refractivity contribution in [3.05, 3.63) is 12.2 Å². The highest BCUT2D eigenvalue weighted by molar-refractivity contribution is 6.13. The Hall–Kier alpha value is -0.713. The third kappa shape index (κ3) is 19.6. The second-order valence-corrected chi connectivity index (χ2v) is 9.15. The van der Waals surface area contributed by atoms with Gasteiger partial charge in [0.1, 0.15) is 0 Å². The molecule has 0 saturated heterocycles. The summed E-state index contributed by atoms with van der Waals surface area (Å²) >= 11 is 0. The number of rotatable bonds is 18. The highest BCUT2D eigenvalue weighted by Crippen LogP contribution is 2.18. The number of carbonyl (C=O) groups is 1. The summed E-state index contributed by atoms with van der Waals surface area (Å²) in [4.78, 5) is 11.2. The molecule has 0 aromatic carbocycles. The first-order valence-electron chi connectivity index (χ1n) is 10.5. The lowest BCUT2D eigenvalue weighted by Gasteiger charge is -2.09. The Morgan fingerprint density at radius 1 is 0.808 bits per heavy atom. The first kappa shape index (κ1) is 25.3. The van der Waals surface area contributed by atoms with Crippen LogP contribution in [0.15, 0.2) is 12.2 Å². The molecule has 0 rings (SSSR count). The molecule has 0 amide bonds. The van der Waals surface area contributed by atoms with Gasteiger partial charge in [-0.2, -0.15) is 0 Å². The van der Waals surface area contributed by atoms with Crippen LogP contribution in [0.25, 0.3) is 0 Å². The van der Waals surface area contributed by atoms with Crippen LogP contribution in [0.4, 0.5) is 8.78 Å². The Labute approximate surface area is 162 Å². The van der Waals surface area contributed by atoms with Crippen LogP contribution in [-0.2, 0) is 9.53 Å². The van der Waals surface area contributed by atoms with Crippen molar-refractivity contribution in [2.75, 3.05) is 6.61 Å². The quantitative estimate of drug-likeness (QED) is 0.126. The predicted molar refractivity (Wildman–Crippen MR) is 110 cm³/mol. The van der Waals surface area contributed by atoms with Gasteiger partial charge in [-0.05, 0) is 19.8 Å². The second kappa shape index (κ2) is 16.5. The van der Waals surface area contributed by atoms with Crippen LogP contribution in [0.2, 0.25) is 0 Å². The number of halogens is 2. The average Bonchev–Trinajstić information content (AvgIpc) is 2.56. The molecule has 0 aliphatic rings. The standard InChI is InChI=1S/C21H40F2O2Si/c1-19(2)20(24)25-18-16-14-12-10-8-6-4-3-5-7-9-11-13-15-17-21(22,23)26/h1,3-18H2,2,26H3. The van der Waals surface area contributed by atoms with Gasteiger partial charge >= 0.3 is 5.97 Å². The first-order valence-corrected chi connectivity index (χ1v) is 11.5. The Morgan fingerprint density at radius 3 is 1.50 bits per heavy atom. The van der Waals surface area contributed by atoms with E-state index in [1.165, 1.54) is 57.8 Å². The van der Waals surface area contributed by atoms with Crippen LogP contribution < -0.4 is 0 Å². The van der Waals surface area contributed by atoms with E-state index in [4.69, 9.17) is 4.74 Å². The lowest BCUT2D eigenvalue weighted by atomic mass is 10.0. The molecule has 0 fully saturated rings. The molecule has 0 N–H and O–H groups in total. The smallest absolute Gasteiger partial charge is 0.333 e. The summed E-state index contributed by atoms with van der Waals surface area (Å²) in [6.07, 6.45) is 16.3. The molecule has 26 heavy (non-hydrogen) atoms. The van der Waals surface area contributed by atoms with E-state index < -0.39 is 5.55 Å². The molecule has 0 bridgehead atoms. The minimum atomic E-state index is -2.35. The molecule has 0 heterocycles. The van der Waals surface area contributed by atoms with Crippen LogP contribution in [-0.4, -0.2) is 28.4 Å². The zero-order valence-corrected chi connectivity index (χ0v) is 19.1. The van der Waals surface area contributed by atoms with Crippen molar-refractivity contribution < 1.29 is 18.3 Å². The SMILES string of the molecule is C=C(C)C(=O)OCCCCCCCCCCCCCCCCC(F)(F)[SiH3]. The lowest BCUT2D eigenvalue weighted by Crippen LogP contribution is -2.14. The van der Waals surface area contributed by atoms with E-state index in [2.05, 4.69) is 6.58 Å². The topological polar surface area (TPSA) is 26.3 Å². The van der Waals surface area contributed by atoms with Gasteiger partial charge in [0, 0.05) is 12.0 Å². The van der Waals surface area contributed by atoms with Crippen molar-refractivity contribution in [1.29, 1.82) is 0 Å². The fraction of sp³-hybridized carbons (Fsp3) is 0.857. The zero-order chi connectivity index (χ0) is 19.7. The maximum absolute atomic E-state index is 12.7. The number of carbonyl (C=O) groups excluding carboxylic acids is 1. The molecule has 0 aromatic rings. The van der Waals surface area contributed by atoms with E-state index in [1.807, 2.05) is 0 Å². The molecule has 0 aliphatic heterocycles. The van der Waals surface area contributed by atoms with E-state index in [-0.39, 0.29) is 22.6 Å². The molecule has 0 unspecified atom stereocenters. The highest BCUT2D eigenvalue weighted by atomic mass is 28.1. The summed E-state index contributed by atoms with van der Waals surface area (Å²) in [7, 11) is -0.00639. The molecule has 0 aliphatic carbocycles. The van der Waals surface area contributed by atoms with Crippen LogP contribution in [0.3, 0.4) is 0 Å². The number of unbranched alkanes of at least 4 members (excludes halogenated alkanes) is 13. The molecule has 0 radical (unpaired) electrons. The van der Waals surface area contributed by atoms with Gasteiger partial charge in [-0.3, -0.25) is 0 Å². The van der Waals surface area contributed by atoms with Gasteiger partial charge < -0.3 is 4.74 Å². The van der Waals surface area contributed by atoms with Crippen molar-refractivity contribution in [3.63, 3.8) is 0 Å². The van der Waals surface area contributed by atoms with Crippen LogP contribution >= 0.6 is 0 Å². The third-order valence-corrected chi connectivity index (χ3v) is 5.09. The largest absolute Gasteiger partial charge is 0.462 e. The van der Waals surface area contributed by atoms with E-state index in [0.29, 0.717) is 18.6 Å². The molecule has 154 valence electrons. The summed E-state index contributed by atoms with van der Waals surface area (Å²) < 4.78 is 30.5. The van der Waals surface area contributed by atoms with Crippen molar-refractivity contribution in [2.24, 2.45) is 0 Å². The number of hydrogen-bond donors (Lipinski definition) is 0. The molecular weight excluding hydrogens is 350 g/mol. The van der Waals surface area contributed by atoms with E-state index in [1.54, 1.807) is 6.92 Å². The molecule has 0 saturated carbocycles. The number of hydrogen-bond acceptors (Lipinski definition) is 2. The minimum absolute atomic E-state index is 0.00639. The molecular formula is C21H40F2O2Si. The van der Waals surface area contributed by atoms with Crippen LogP contribution in [0.5, 0.6) is 0 Å². The summed E-state index contributed by atoms with van der Waals surface area (Å²) in [5, 5.41) is 0. The number of ether oxygens (including phenoxy) is 1. The van der Waals surface area contributed by atoms with Crippen LogP contribution in [0.1, 0.15) is 103 Å². The summed E-state index contributed by atoms with van der Waals surface area (Å²) in [5.74, 6) is -0.283. The Kier molecular flexibility index (Phi) is 16.0. The minimum Gasteiger partial charge on any atom is -0.462 e. The molecule has 0 atom stereocenters. The van der Waals surface area contributed by atoms with Crippen molar-refractivity contribution >= 4 is 16.2 Å². The summed E-state index contributed by atoms with van der Waals surface area (Å²) in [6.45, 7) is 5.73. The predicted octanol–water partition coefficient (Wildman–Crippen LogP) is 5.92. The van der Waals surface area contributed by atoms with Crippen LogP contribution in [0, 0.1) is 0 Å². The van der Waals surface area contributed by atoms with Gasteiger partial charge in [0.25, 0.3) is 0 Å². The van der Waals surface area contributed by atoms with Gasteiger partial charge in [-0.1, -0.05) is 83.6 Å². The summed E-state index contributed by atoms with van der Waals surface area (Å²) in [5.41, 5.74) is -1.88. The van der Waals surface area contributed by atoms with Gasteiger partial charge in [0.05, 0.1) is 16.8 Å². The maximum atomic E-state index is 12.7. The lowest BCUT2D eigenvalue weighted by molar-refractivity contribution is -0.139. The molecule has 0 aromatic heterocycles. The molecule has 0 spiro atoms. The first-order chi connectivity index (χ1) is 12.3. The Morgan fingerprint density at radius 2 is 1.15 bits per heavy atom. The third-order valence-electron chi connectivity index (χ3n) is 4.59. The van der Waals surface area contributed by atoms with Crippen molar-refractivity contribution in [3.8, 4) is 0 Å². The number of alkyl halides is 2. The normalized spacial score (nSPS) is 11.7. The maximum Gasteiger partial charge on any atom is 0.333 e. The fourth-order valence-electron chi connectivity index (χ4n) is 2.95. The van der Waals surface area contributed by atoms with Crippen molar-refractivity contribution in [2.45, 2.75) is 109 Å². The fourth-order valence-corrected chi connectivity index (χ4v) is 3.30. The van der Waals surface area contributed by atoms with E-state index in [0.717, 1.165) is 25.7 Å². The van der Waals surface area contributed by atoms with Gasteiger partial charge in [-0.25, -0.2) is 13.6 Å². The average molecular weight is 391 g/mol. The van der Waals surface area contributed by atoms with E-state index in [9.17, 15) is 13.6 Å². The second-order valence-electron chi connectivity index (χ2n) is 7.69. The Balaban J connectivity index is 3.11.